The molecule has 0 bridgehead atoms. The Balaban J connectivity index is 5.03. The largest absolute Gasteiger partial charge is 0.483 e. The van der Waals surface area contributed by atoms with Gasteiger partial charge in [0.25, 0.3) is 0 Å². The van der Waals surface area contributed by atoms with Crippen LogP contribution in [0.4, 0.5) is 52.7 Å². The summed E-state index contributed by atoms with van der Waals surface area (Å²) in [4.78, 5) is 0. The zero-order valence-corrected chi connectivity index (χ0v) is 8.56. The molecule has 0 heterocycles. The van der Waals surface area contributed by atoms with E-state index < -0.39 is 37.3 Å². The summed E-state index contributed by atoms with van der Waals surface area (Å²) in [7, 11) is 0. The van der Waals surface area contributed by atoms with E-state index in [0.717, 1.165) is 0 Å². The van der Waals surface area contributed by atoms with E-state index in [-0.39, 0.29) is 0 Å². The molecule has 0 aliphatic carbocycles. The molecule has 0 aliphatic rings. The van der Waals surface area contributed by atoms with E-state index in [2.05, 4.69) is 4.74 Å². The summed E-state index contributed by atoms with van der Waals surface area (Å²) >= 11 is 0. The van der Waals surface area contributed by atoms with Crippen molar-refractivity contribution in [3.8, 4) is 0 Å². The van der Waals surface area contributed by atoms with E-state index >= 15 is 0 Å². The standard InChI is InChI=1S/C6H2F12O2/c7-2(8,9)1-19-5(15,16)6(17,18)20-4(13,14)3(10,11)12/h1H2. The van der Waals surface area contributed by atoms with Crippen LogP contribution in [0, 0.1) is 0 Å². The highest BCUT2D eigenvalue weighted by atomic mass is 19.4. The molecule has 0 rings (SSSR count). The topological polar surface area (TPSA) is 18.5 Å². The lowest BCUT2D eigenvalue weighted by molar-refractivity contribution is -0.518. The van der Waals surface area contributed by atoms with Crippen molar-refractivity contribution in [3.05, 3.63) is 0 Å². The van der Waals surface area contributed by atoms with E-state index in [4.69, 9.17) is 0 Å². The van der Waals surface area contributed by atoms with Gasteiger partial charge in [0, 0.05) is 0 Å². The van der Waals surface area contributed by atoms with Gasteiger partial charge in [0.1, 0.15) is 6.61 Å². The van der Waals surface area contributed by atoms with Gasteiger partial charge in [-0.05, 0) is 0 Å². The summed E-state index contributed by atoms with van der Waals surface area (Å²) < 4.78 is 146. The smallest absolute Gasteiger partial charge is 0.304 e. The molecule has 0 aromatic rings. The second kappa shape index (κ2) is 5.13. The van der Waals surface area contributed by atoms with Crippen LogP contribution in [0.1, 0.15) is 0 Å². The minimum absolute atomic E-state index is 1.59. The third kappa shape index (κ3) is 4.88. The quantitative estimate of drug-likeness (QED) is 0.710. The van der Waals surface area contributed by atoms with Gasteiger partial charge in [-0.3, -0.25) is 0 Å². The molecule has 0 aliphatic heterocycles. The van der Waals surface area contributed by atoms with Gasteiger partial charge < -0.3 is 4.74 Å². The zero-order valence-electron chi connectivity index (χ0n) is 8.56. The molecule has 14 heteroatoms. The van der Waals surface area contributed by atoms with Gasteiger partial charge in [0.2, 0.25) is 0 Å². The van der Waals surface area contributed by atoms with Gasteiger partial charge in [-0.15, -0.1) is 0 Å². The van der Waals surface area contributed by atoms with Crippen molar-refractivity contribution in [1.82, 2.24) is 0 Å². The molecule has 0 spiro atoms. The summed E-state index contributed by atoms with van der Waals surface area (Å²) in [6, 6.07) is 0. The molecule has 122 valence electrons. The number of rotatable bonds is 5. The second-order valence-corrected chi connectivity index (χ2v) is 3.05. The van der Waals surface area contributed by atoms with Crippen LogP contribution in [-0.2, 0) is 9.47 Å². The minimum Gasteiger partial charge on any atom is -0.304 e. The molecule has 0 N–H and O–H groups in total. The van der Waals surface area contributed by atoms with Crippen LogP contribution in [0.2, 0.25) is 0 Å². The van der Waals surface area contributed by atoms with Crippen LogP contribution >= 0.6 is 0 Å². The molecule has 0 saturated carbocycles. The molecule has 0 aromatic carbocycles. The van der Waals surface area contributed by atoms with Crippen LogP contribution in [0.5, 0.6) is 0 Å². The van der Waals surface area contributed by atoms with E-state index in [0.29, 0.717) is 0 Å². The van der Waals surface area contributed by atoms with Gasteiger partial charge in [-0.1, -0.05) is 0 Å². The Labute approximate surface area is 101 Å². The maximum atomic E-state index is 12.4. The first-order valence-corrected chi connectivity index (χ1v) is 4.02. The van der Waals surface area contributed by atoms with Crippen molar-refractivity contribution >= 4 is 0 Å². The van der Waals surface area contributed by atoms with E-state index in [1.807, 2.05) is 0 Å². The molecular formula is C6H2F12O2. The van der Waals surface area contributed by atoms with Crippen molar-refractivity contribution in [2.45, 2.75) is 30.7 Å². The van der Waals surface area contributed by atoms with Crippen LogP contribution in [0.3, 0.4) is 0 Å². The third-order valence-electron chi connectivity index (χ3n) is 1.34. The van der Waals surface area contributed by atoms with Gasteiger partial charge >= 0.3 is 30.7 Å². The number of hydrogen-bond donors (Lipinski definition) is 0. The van der Waals surface area contributed by atoms with Crippen LogP contribution in [-0.4, -0.2) is 37.3 Å². The Hall–Kier alpha value is -0.920. The normalized spacial score (nSPS) is 15.6. The van der Waals surface area contributed by atoms with E-state index in [9.17, 15) is 52.7 Å². The summed E-state index contributed by atoms with van der Waals surface area (Å²) in [6.45, 7) is -3.03. The fraction of sp³-hybridized carbons (Fsp3) is 1.00. The summed E-state index contributed by atoms with van der Waals surface area (Å²) in [5.41, 5.74) is 0. The first-order valence-electron chi connectivity index (χ1n) is 4.02. The number of hydrogen-bond acceptors (Lipinski definition) is 2. The van der Waals surface area contributed by atoms with Gasteiger partial charge in [-0.25, -0.2) is 4.74 Å². The number of ether oxygens (including phenoxy) is 2. The highest BCUT2D eigenvalue weighted by Crippen LogP contribution is 2.46. The summed E-state index contributed by atoms with van der Waals surface area (Å²) in [5.74, 6) is 0. The number of alkyl halides is 12. The highest BCUT2D eigenvalue weighted by Gasteiger charge is 2.71. The fourth-order valence-electron chi connectivity index (χ4n) is 0.535. The third-order valence-corrected chi connectivity index (χ3v) is 1.34. The highest BCUT2D eigenvalue weighted by molar-refractivity contribution is 4.74. The Morgan fingerprint density at radius 1 is 0.550 bits per heavy atom. The second-order valence-electron chi connectivity index (χ2n) is 3.05. The Morgan fingerprint density at radius 2 is 0.950 bits per heavy atom. The van der Waals surface area contributed by atoms with E-state index in [1.165, 1.54) is 0 Å². The molecular weight excluding hydrogens is 332 g/mol. The fourth-order valence-corrected chi connectivity index (χ4v) is 0.535. The molecule has 0 radical (unpaired) electrons. The monoisotopic (exact) mass is 334 g/mol. The van der Waals surface area contributed by atoms with Crippen molar-refractivity contribution in [2.75, 3.05) is 6.61 Å². The first-order chi connectivity index (χ1) is 8.41. The molecule has 0 atom stereocenters. The molecule has 0 saturated heterocycles. The SMILES string of the molecule is FC(F)(F)COC(F)(F)C(F)(F)OC(F)(F)C(F)(F)F. The van der Waals surface area contributed by atoms with Crippen molar-refractivity contribution < 1.29 is 62.2 Å². The van der Waals surface area contributed by atoms with E-state index in [1.54, 1.807) is 4.74 Å². The lowest BCUT2D eigenvalue weighted by Crippen LogP contribution is -2.53. The van der Waals surface area contributed by atoms with Crippen LogP contribution in [0.25, 0.3) is 0 Å². The lowest BCUT2D eigenvalue weighted by atomic mass is 10.5. The average molecular weight is 334 g/mol. The molecule has 20 heavy (non-hydrogen) atoms. The predicted molar refractivity (Wildman–Crippen MR) is 34.0 cm³/mol. The molecule has 0 fully saturated rings. The van der Waals surface area contributed by atoms with Crippen LogP contribution in [0.15, 0.2) is 0 Å². The van der Waals surface area contributed by atoms with Crippen molar-refractivity contribution in [1.29, 1.82) is 0 Å². The van der Waals surface area contributed by atoms with Gasteiger partial charge in [0.05, 0.1) is 0 Å². The predicted octanol–water partition coefficient (Wildman–Crippen LogP) is 3.92. The summed E-state index contributed by atoms with van der Waals surface area (Å²) in [5, 5.41) is 0. The average Bonchev–Trinajstić information content (AvgIpc) is 2.09. The van der Waals surface area contributed by atoms with Crippen molar-refractivity contribution in [2.24, 2.45) is 0 Å². The van der Waals surface area contributed by atoms with Gasteiger partial charge in [-0.2, -0.15) is 52.7 Å². The minimum atomic E-state index is -6.80. The number of halogens is 12. The Bertz CT molecular complexity index is 328. The van der Waals surface area contributed by atoms with Crippen LogP contribution < -0.4 is 0 Å². The van der Waals surface area contributed by atoms with Gasteiger partial charge in [0.15, 0.2) is 0 Å². The Kier molecular flexibility index (Phi) is 4.89. The molecule has 0 unspecified atom stereocenters. The maximum absolute atomic E-state index is 12.4. The lowest BCUT2D eigenvalue weighted by Gasteiger charge is -2.29. The maximum Gasteiger partial charge on any atom is 0.483 e. The first kappa shape index (κ1) is 19.1. The summed E-state index contributed by atoms with van der Waals surface area (Å²) in [6.07, 6.45) is -32.1. The molecule has 0 amide bonds. The molecule has 0 aromatic heterocycles. The molecule has 2 nitrogen and oxygen atoms in total. The van der Waals surface area contributed by atoms with Crippen molar-refractivity contribution in [3.63, 3.8) is 0 Å². The Morgan fingerprint density at radius 3 is 1.25 bits per heavy atom. The zero-order chi connectivity index (χ0) is 16.6.